The SMILES string of the molecule is COCCO[C@@H]1[C@H](O[Si](C)(C)C(C)(C)C)[C@@H](CO[Si](C)(C)C(C)(C)C)O[C@H]1n1ccc(Oc2c(C)cccc2C)nc1=S. The van der Waals surface area contributed by atoms with Crippen molar-refractivity contribution in [1.29, 1.82) is 0 Å². The molecule has 0 aliphatic carbocycles. The van der Waals surface area contributed by atoms with Crippen LogP contribution in [0.25, 0.3) is 0 Å². The zero-order valence-corrected chi connectivity index (χ0v) is 31.4. The molecule has 4 atom stereocenters. The second-order valence-corrected chi connectivity index (χ2v) is 24.5. The molecule has 0 bridgehead atoms. The van der Waals surface area contributed by atoms with E-state index in [0.29, 0.717) is 30.5 Å². The maximum atomic E-state index is 7.08. The van der Waals surface area contributed by atoms with Crippen molar-refractivity contribution in [2.45, 2.75) is 116 Å². The van der Waals surface area contributed by atoms with Gasteiger partial charge in [0.05, 0.1) is 19.8 Å². The highest BCUT2D eigenvalue weighted by molar-refractivity contribution is 7.71. The van der Waals surface area contributed by atoms with Gasteiger partial charge in [-0.2, -0.15) is 4.98 Å². The zero-order chi connectivity index (χ0) is 32.4. The van der Waals surface area contributed by atoms with Gasteiger partial charge in [-0.25, -0.2) is 0 Å². The summed E-state index contributed by atoms with van der Waals surface area (Å²) in [6.45, 7) is 27.7. The Kier molecular flexibility index (Phi) is 11.6. The van der Waals surface area contributed by atoms with E-state index < -0.39 is 29.0 Å². The third-order valence-electron chi connectivity index (χ3n) is 9.23. The van der Waals surface area contributed by atoms with Crippen LogP contribution in [0.3, 0.4) is 0 Å². The van der Waals surface area contributed by atoms with Crippen molar-refractivity contribution in [3.63, 3.8) is 0 Å². The first kappa shape index (κ1) is 36.0. The van der Waals surface area contributed by atoms with Gasteiger partial charge in [0, 0.05) is 19.4 Å². The first-order chi connectivity index (χ1) is 19.8. The lowest BCUT2D eigenvalue weighted by Gasteiger charge is -2.41. The Bertz CT molecular complexity index is 1270. The monoisotopic (exact) mass is 650 g/mol. The fourth-order valence-electron chi connectivity index (χ4n) is 4.39. The summed E-state index contributed by atoms with van der Waals surface area (Å²) in [5, 5.41) is 0.0600. The third kappa shape index (κ3) is 8.63. The van der Waals surface area contributed by atoms with E-state index in [4.69, 9.17) is 40.0 Å². The molecular formula is C32H54N2O6SSi2. The molecule has 1 aromatic carbocycles. The van der Waals surface area contributed by atoms with Crippen LogP contribution in [-0.4, -0.2) is 71.4 Å². The molecule has 242 valence electrons. The van der Waals surface area contributed by atoms with Gasteiger partial charge in [-0.15, -0.1) is 0 Å². The van der Waals surface area contributed by atoms with Crippen molar-refractivity contribution in [1.82, 2.24) is 9.55 Å². The number of aryl methyl sites for hydroxylation is 2. The van der Waals surface area contributed by atoms with Gasteiger partial charge in [0.25, 0.3) is 0 Å². The molecule has 0 spiro atoms. The molecule has 2 aromatic rings. The average Bonchev–Trinajstić information content (AvgIpc) is 3.20. The van der Waals surface area contributed by atoms with Crippen LogP contribution in [-0.2, 0) is 23.1 Å². The lowest BCUT2D eigenvalue weighted by molar-refractivity contribution is -0.0802. The molecule has 1 saturated heterocycles. The molecule has 11 heteroatoms. The summed E-state index contributed by atoms with van der Waals surface area (Å²) in [5.74, 6) is 1.21. The molecule has 0 amide bonds. The molecule has 1 aromatic heterocycles. The van der Waals surface area contributed by atoms with Gasteiger partial charge in [-0.3, -0.25) is 4.57 Å². The van der Waals surface area contributed by atoms with E-state index in [1.807, 2.05) is 48.9 Å². The summed E-state index contributed by atoms with van der Waals surface area (Å²) in [6, 6.07) is 7.86. The van der Waals surface area contributed by atoms with Crippen LogP contribution >= 0.6 is 12.2 Å². The number of aromatic nitrogens is 2. The molecule has 0 saturated carbocycles. The van der Waals surface area contributed by atoms with Crippen molar-refractivity contribution in [2.75, 3.05) is 26.9 Å². The molecule has 1 aliphatic heterocycles. The van der Waals surface area contributed by atoms with Crippen molar-refractivity contribution in [3.05, 3.63) is 46.4 Å². The van der Waals surface area contributed by atoms with Crippen LogP contribution < -0.4 is 4.74 Å². The fraction of sp³-hybridized carbons (Fsp3) is 0.688. The molecule has 43 heavy (non-hydrogen) atoms. The topological polar surface area (TPSA) is 73.2 Å². The standard InChI is InChI=1S/C32H54N2O6SSi2/c1-22-15-14-16-23(2)26(22)39-25-17-18-34(30(41)33-25)29-28(36-20-19-35-9)27(40-43(12,13)32(6,7)8)24(38-29)21-37-42(10,11)31(3,4)5/h14-18,24,27-29H,19-21H2,1-13H3/t24-,27-,28-,29-/m1/s1. The molecule has 2 heterocycles. The highest BCUT2D eigenvalue weighted by Gasteiger charge is 2.52. The summed E-state index contributed by atoms with van der Waals surface area (Å²) in [7, 11) is -2.62. The smallest absolute Gasteiger partial charge is 0.223 e. The Morgan fingerprint density at radius 2 is 1.51 bits per heavy atom. The van der Waals surface area contributed by atoms with Crippen LogP contribution in [0, 0.1) is 18.6 Å². The van der Waals surface area contributed by atoms with E-state index >= 15 is 0 Å². The van der Waals surface area contributed by atoms with Gasteiger partial charge < -0.3 is 27.8 Å². The van der Waals surface area contributed by atoms with E-state index in [1.54, 1.807) is 7.11 Å². The molecular weight excluding hydrogens is 597 g/mol. The predicted molar refractivity (Wildman–Crippen MR) is 180 cm³/mol. The minimum atomic E-state index is -2.23. The highest BCUT2D eigenvalue weighted by Crippen LogP contribution is 2.43. The number of methoxy groups -OCH3 is 1. The lowest BCUT2D eigenvalue weighted by atomic mass is 10.1. The number of ether oxygens (including phenoxy) is 4. The van der Waals surface area contributed by atoms with Gasteiger partial charge >= 0.3 is 0 Å². The minimum Gasteiger partial charge on any atom is -0.438 e. The van der Waals surface area contributed by atoms with Crippen molar-refractivity contribution in [2.24, 2.45) is 0 Å². The van der Waals surface area contributed by atoms with Crippen LogP contribution in [0.15, 0.2) is 30.5 Å². The maximum Gasteiger partial charge on any atom is 0.223 e. The first-order valence-electron chi connectivity index (χ1n) is 15.2. The van der Waals surface area contributed by atoms with E-state index in [1.165, 1.54) is 0 Å². The minimum absolute atomic E-state index is 0.00241. The van der Waals surface area contributed by atoms with Crippen LogP contribution in [0.5, 0.6) is 11.6 Å². The largest absolute Gasteiger partial charge is 0.438 e. The van der Waals surface area contributed by atoms with Gasteiger partial charge in [0.2, 0.25) is 10.7 Å². The number of nitrogens with zero attached hydrogens (tertiary/aromatic N) is 2. The number of para-hydroxylation sites is 1. The van der Waals surface area contributed by atoms with Crippen LogP contribution in [0.2, 0.25) is 36.3 Å². The Morgan fingerprint density at radius 1 is 0.907 bits per heavy atom. The number of benzene rings is 1. The number of hydrogen-bond donors (Lipinski definition) is 0. The molecule has 0 N–H and O–H groups in total. The Balaban J connectivity index is 2.01. The Morgan fingerprint density at radius 3 is 2.05 bits per heavy atom. The summed E-state index contributed by atoms with van der Waals surface area (Å²) < 4.78 is 40.8. The summed E-state index contributed by atoms with van der Waals surface area (Å²) in [6.07, 6.45) is 0.147. The number of rotatable bonds is 12. The molecule has 0 radical (unpaired) electrons. The van der Waals surface area contributed by atoms with Crippen molar-refractivity contribution < 1.29 is 27.8 Å². The predicted octanol–water partition coefficient (Wildman–Crippen LogP) is 8.36. The van der Waals surface area contributed by atoms with Gasteiger partial charge in [-0.05, 0) is 73.5 Å². The second-order valence-electron chi connectivity index (χ2n) is 14.6. The maximum absolute atomic E-state index is 7.08. The lowest BCUT2D eigenvalue weighted by Crippen LogP contribution is -2.51. The first-order valence-corrected chi connectivity index (χ1v) is 21.4. The quantitative estimate of drug-likeness (QED) is 0.129. The van der Waals surface area contributed by atoms with E-state index in [9.17, 15) is 0 Å². The van der Waals surface area contributed by atoms with Gasteiger partial charge in [0.1, 0.15) is 24.1 Å². The normalized spacial score (nSPS) is 21.8. The van der Waals surface area contributed by atoms with Crippen LogP contribution in [0.1, 0.15) is 58.9 Å². The number of hydrogen-bond acceptors (Lipinski definition) is 8. The van der Waals surface area contributed by atoms with Crippen molar-refractivity contribution >= 4 is 28.9 Å². The Hall–Kier alpha value is -1.45. The van der Waals surface area contributed by atoms with Crippen LogP contribution in [0.4, 0.5) is 0 Å². The molecule has 8 nitrogen and oxygen atoms in total. The summed E-state index contributed by atoms with van der Waals surface area (Å²) >= 11 is 5.82. The average molecular weight is 651 g/mol. The van der Waals surface area contributed by atoms with Gasteiger partial charge in [-0.1, -0.05) is 59.7 Å². The Labute approximate surface area is 266 Å². The van der Waals surface area contributed by atoms with E-state index in [0.717, 1.165) is 16.9 Å². The summed E-state index contributed by atoms with van der Waals surface area (Å²) in [5.41, 5.74) is 2.07. The highest BCUT2D eigenvalue weighted by atomic mass is 32.1. The summed E-state index contributed by atoms with van der Waals surface area (Å²) in [4.78, 5) is 4.65. The molecule has 1 aliphatic rings. The van der Waals surface area contributed by atoms with Gasteiger partial charge in [0.15, 0.2) is 22.9 Å². The zero-order valence-electron chi connectivity index (χ0n) is 28.6. The molecule has 3 rings (SSSR count). The fourth-order valence-corrected chi connectivity index (χ4v) is 6.98. The molecule has 1 fully saturated rings. The van der Waals surface area contributed by atoms with E-state index in [-0.39, 0.29) is 22.3 Å². The van der Waals surface area contributed by atoms with E-state index in [2.05, 4.69) is 72.7 Å². The van der Waals surface area contributed by atoms with Crippen molar-refractivity contribution in [3.8, 4) is 11.6 Å². The second kappa shape index (κ2) is 13.9. The third-order valence-corrected chi connectivity index (χ3v) is 18.5. The molecule has 0 unspecified atom stereocenters.